The molecule has 0 spiro atoms. The van der Waals surface area contributed by atoms with Crippen molar-refractivity contribution < 1.29 is 4.79 Å². The number of carbonyl (C=O) groups excluding carboxylic acids is 1. The van der Waals surface area contributed by atoms with Gasteiger partial charge in [-0.3, -0.25) is 14.7 Å². The number of carbonyl (C=O) groups is 1. The monoisotopic (exact) mass is 442 g/mol. The third kappa shape index (κ3) is 3.63. The van der Waals surface area contributed by atoms with Crippen LogP contribution in [0.15, 0.2) is 59.1 Å². The Hall–Kier alpha value is -1.75. The molecule has 3 aliphatic rings. The van der Waals surface area contributed by atoms with Gasteiger partial charge in [-0.1, -0.05) is 65.3 Å². The second kappa shape index (κ2) is 7.82. The van der Waals surface area contributed by atoms with E-state index < -0.39 is 0 Å². The Morgan fingerprint density at radius 1 is 1.03 bits per heavy atom. The van der Waals surface area contributed by atoms with Crippen molar-refractivity contribution in [1.82, 2.24) is 4.90 Å². The van der Waals surface area contributed by atoms with Gasteiger partial charge in [-0.15, -0.1) is 0 Å². The van der Waals surface area contributed by atoms with Crippen LogP contribution in [0.3, 0.4) is 0 Å². The van der Waals surface area contributed by atoms with Gasteiger partial charge in [0.15, 0.2) is 5.17 Å². The molecular weight excluding hydrogens is 423 g/mol. The van der Waals surface area contributed by atoms with E-state index in [1.807, 2.05) is 41.3 Å². The zero-order valence-corrected chi connectivity index (χ0v) is 18.1. The predicted molar refractivity (Wildman–Crippen MR) is 121 cm³/mol. The fraction of sp³-hybridized carbons (Fsp3) is 0.304. The summed E-state index contributed by atoms with van der Waals surface area (Å²) < 4.78 is 0. The third-order valence-electron chi connectivity index (χ3n) is 5.95. The smallest absolute Gasteiger partial charge is 0.239 e. The lowest BCUT2D eigenvalue weighted by Gasteiger charge is -2.44. The van der Waals surface area contributed by atoms with E-state index >= 15 is 0 Å². The van der Waals surface area contributed by atoms with Crippen molar-refractivity contribution in [1.29, 1.82) is 0 Å². The average molecular weight is 443 g/mol. The standard InChI is InChI=1S/C23H20Cl2N2OS/c24-17-8-4-14(5-9-17)12-16-2-1-3-19-21(16)26-23-27(20(28)13-29-23)22(19)15-6-10-18(25)11-7-15/h4-12,19,21-22H,1-3,13H2/b16-12-. The molecule has 3 nitrogen and oxygen atoms in total. The quantitative estimate of drug-likeness (QED) is 0.551. The molecule has 1 amide bonds. The van der Waals surface area contributed by atoms with Gasteiger partial charge in [0, 0.05) is 16.0 Å². The Morgan fingerprint density at radius 3 is 2.45 bits per heavy atom. The van der Waals surface area contributed by atoms with Crippen LogP contribution in [0.25, 0.3) is 6.08 Å². The fourth-order valence-corrected chi connectivity index (χ4v) is 5.86. The van der Waals surface area contributed by atoms with Crippen molar-refractivity contribution in [3.05, 3.63) is 75.3 Å². The highest BCUT2D eigenvalue weighted by Gasteiger charge is 2.47. The van der Waals surface area contributed by atoms with Gasteiger partial charge in [0.2, 0.25) is 5.91 Å². The molecule has 6 heteroatoms. The number of hydrogen-bond donors (Lipinski definition) is 0. The Balaban J connectivity index is 1.57. The minimum Gasteiger partial charge on any atom is -0.283 e. The lowest BCUT2D eigenvalue weighted by molar-refractivity contribution is -0.127. The number of amidine groups is 1. The Morgan fingerprint density at radius 2 is 1.72 bits per heavy atom. The number of aliphatic imine (C=N–C) groups is 1. The van der Waals surface area contributed by atoms with Crippen LogP contribution in [0, 0.1) is 5.92 Å². The minimum absolute atomic E-state index is 0.0150. The van der Waals surface area contributed by atoms with Crippen LogP contribution >= 0.6 is 35.0 Å². The van der Waals surface area contributed by atoms with E-state index in [0.29, 0.717) is 10.8 Å². The first-order valence-corrected chi connectivity index (χ1v) is 11.6. The van der Waals surface area contributed by atoms with Gasteiger partial charge in [-0.2, -0.15) is 0 Å². The average Bonchev–Trinajstić information content (AvgIpc) is 3.10. The van der Waals surface area contributed by atoms with Crippen LogP contribution in [0.1, 0.15) is 36.4 Å². The van der Waals surface area contributed by atoms with Crippen LogP contribution in [0.2, 0.25) is 10.0 Å². The first-order chi connectivity index (χ1) is 14.1. The van der Waals surface area contributed by atoms with Crippen LogP contribution < -0.4 is 0 Å². The molecule has 0 aromatic heterocycles. The third-order valence-corrected chi connectivity index (χ3v) is 7.41. The van der Waals surface area contributed by atoms with Crippen molar-refractivity contribution >= 4 is 52.1 Å². The molecular formula is C23H20Cl2N2OS. The normalized spacial score (nSPS) is 27.6. The number of fused-ring (bicyclic) bond motifs is 2. The maximum atomic E-state index is 12.7. The highest BCUT2D eigenvalue weighted by Crippen LogP contribution is 2.48. The molecule has 2 aliphatic heterocycles. The molecule has 5 rings (SSSR count). The van der Waals surface area contributed by atoms with E-state index in [-0.39, 0.29) is 23.9 Å². The lowest BCUT2D eigenvalue weighted by atomic mass is 9.73. The van der Waals surface area contributed by atoms with Gasteiger partial charge in [0.05, 0.1) is 17.8 Å². The second-order valence-electron chi connectivity index (χ2n) is 7.73. The Labute approximate surface area is 184 Å². The van der Waals surface area contributed by atoms with Crippen LogP contribution in [-0.2, 0) is 4.79 Å². The van der Waals surface area contributed by atoms with Crippen LogP contribution in [-0.4, -0.2) is 27.8 Å². The van der Waals surface area contributed by atoms with Crippen molar-refractivity contribution in [2.45, 2.75) is 31.3 Å². The highest BCUT2D eigenvalue weighted by atomic mass is 35.5. The van der Waals surface area contributed by atoms with Gasteiger partial charge in [-0.25, -0.2) is 0 Å². The maximum Gasteiger partial charge on any atom is 0.239 e. The van der Waals surface area contributed by atoms with Gasteiger partial charge in [-0.05, 0) is 60.2 Å². The van der Waals surface area contributed by atoms with Crippen LogP contribution in [0.5, 0.6) is 0 Å². The molecule has 148 valence electrons. The molecule has 3 atom stereocenters. The number of amides is 1. The SMILES string of the molecule is O=C1CSC2=NC3/C(=C\c4ccc(Cl)cc4)CCCC3C(c3ccc(Cl)cc3)N12. The summed E-state index contributed by atoms with van der Waals surface area (Å²) in [6, 6.07) is 16.0. The lowest BCUT2D eigenvalue weighted by Crippen LogP contribution is -2.47. The van der Waals surface area contributed by atoms with E-state index in [1.165, 1.54) is 5.57 Å². The van der Waals surface area contributed by atoms with Crippen molar-refractivity contribution in [3.63, 3.8) is 0 Å². The molecule has 2 aromatic rings. The predicted octanol–water partition coefficient (Wildman–Crippen LogP) is 6.23. The van der Waals surface area contributed by atoms with Gasteiger partial charge in [0.25, 0.3) is 0 Å². The summed E-state index contributed by atoms with van der Waals surface area (Å²) in [4.78, 5) is 19.7. The second-order valence-corrected chi connectivity index (χ2v) is 9.55. The number of nitrogens with zero attached hydrogens (tertiary/aromatic N) is 2. The summed E-state index contributed by atoms with van der Waals surface area (Å²) >= 11 is 13.7. The summed E-state index contributed by atoms with van der Waals surface area (Å²) in [5.74, 6) is 0.898. The maximum absolute atomic E-state index is 12.7. The molecule has 2 fully saturated rings. The van der Waals surface area contributed by atoms with Gasteiger partial charge >= 0.3 is 0 Å². The Bertz CT molecular complexity index is 1000. The van der Waals surface area contributed by atoms with E-state index in [9.17, 15) is 4.79 Å². The molecule has 2 heterocycles. The van der Waals surface area contributed by atoms with E-state index in [4.69, 9.17) is 28.2 Å². The molecule has 1 saturated carbocycles. The minimum atomic E-state index is 0.0150. The van der Waals surface area contributed by atoms with Gasteiger partial charge in [0.1, 0.15) is 0 Å². The van der Waals surface area contributed by atoms with Gasteiger partial charge < -0.3 is 0 Å². The number of benzene rings is 2. The zero-order chi connectivity index (χ0) is 20.0. The van der Waals surface area contributed by atoms with Crippen LogP contribution in [0.4, 0.5) is 0 Å². The molecule has 0 N–H and O–H groups in total. The molecule has 3 unspecified atom stereocenters. The molecule has 0 radical (unpaired) electrons. The van der Waals surface area contributed by atoms with Crippen molar-refractivity contribution in [2.24, 2.45) is 10.9 Å². The first kappa shape index (κ1) is 19.2. The van der Waals surface area contributed by atoms with E-state index in [0.717, 1.165) is 40.6 Å². The largest absolute Gasteiger partial charge is 0.283 e. The van der Waals surface area contributed by atoms with E-state index in [1.54, 1.807) is 11.8 Å². The number of rotatable bonds is 2. The summed E-state index contributed by atoms with van der Waals surface area (Å²) in [5.41, 5.74) is 3.63. The molecule has 1 aliphatic carbocycles. The zero-order valence-electron chi connectivity index (χ0n) is 15.7. The summed E-state index contributed by atoms with van der Waals surface area (Å²) in [7, 11) is 0. The first-order valence-electron chi connectivity index (χ1n) is 9.84. The molecule has 0 bridgehead atoms. The number of thioether (sulfide) groups is 1. The fourth-order valence-electron chi connectivity index (χ4n) is 4.67. The topological polar surface area (TPSA) is 32.7 Å². The number of hydrogen-bond acceptors (Lipinski definition) is 3. The molecule has 2 aromatic carbocycles. The van der Waals surface area contributed by atoms with Crippen molar-refractivity contribution in [3.8, 4) is 0 Å². The molecule has 29 heavy (non-hydrogen) atoms. The Kier molecular flexibility index (Phi) is 5.19. The summed E-state index contributed by atoms with van der Waals surface area (Å²) in [5, 5.41) is 2.31. The summed E-state index contributed by atoms with van der Waals surface area (Å²) in [6.07, 6.45) is 5.45. The van der Waals surface area contributed by atoms with Crippen molar-refractivity contribution in [2.75, 3.05) is 5.75 Å². The van der Waals surface area contributed by atoms with E-state index in [2.05, 4.69) is 18.2 Å². The molecule has 1 saturated heterocycles. The number of halogens is 2. The highest BCUT2D eigenvalue weighted by molar-refractivity contribution is 8.15. The summed E-state index contributed by atoms with van der Waals surface area (Å²) in [6.45, 7) is 0.